The summed E-state index contributed by atoms with van der Waals surface area (Å²) in [5.41, 5.74) is 8.79. The van der Waals surface area contributed by atoms with Gasteiger partial charge in [0.1, 0.15) is 5.75 Å². The summed E-state index contributed by atoms with van der Waals surface area (Å²) in [6.07, 6.45) is 1.02. The van der Waals surface area contributed by atoms with Gasteiger partial charge < -0.3 is 10.1 Å². The molecule has 1 aromatic heterocycles. The Morgan fingerprint density at radius 1 is 0.964 bits per heavy atom. The number of nitrogens with zero attached hydrogens (tertiary/aromatic N) is 1. The molecule has 0 atom stereocenters. The van der Waals surface area contributed by atoms with Crippen molar-refractivity contribution in [3.05, 3.63) is 88.8 Å². The molecule has 1 N–H and O–H groups in total. The van der Waals surface area contributed by atoms with Crippen LogP contribution in [-0.4, -0.2) is 12.1 Å². The van der Waals surface area contributed by atoms with Crippen LogP contribution >= 0.6 is 11.3 Å². The molecule has 1 aliphatic rings. The van der Waals surface area contributed by atoms with Gasteiger partial charge in [0.2, 0.25) is 0 Å². The Hall–Kier alpha value is -3.11. The maximum absolute atomic E-state index is 5.42. The van der Waals surface area contributed by atoms with E-state index in [-0.39, 0.29) is 0 Å². The minimum atomic E-state index is 0.689. The van der Waals surface area contributed by atoms with Gasteiger partial charge in [0.05, 0.1) is 12.8 Å². The van der Waals surface area contributed by atoms with Crippen LogP contribution in [0, 0.1) is 0 Å². The maximum Gasteiger partial charge on any atom is 0.183 e. The van der Waals surface area contributed by atoms with Crippen molar-refractivity contribution < 1.29 is 4.74 Å². The van der Waals surface area contributed by atoms with E-state index in [9.17, 15) is 0 Å². The van der Waals surface area contributed by atoms with Gasteiger partial charge in [-0.1, -0.05) is 54.6 Å². The molecule has 5 rings (SSSR count). The number of nitrogens with one attached hydrogen (secondary N) is 1. The summed E-state index contributed by atoms with van der Waals surface area (Å²) in [6, 6.07) is 23.4. The van der Waals surface area contributed by atoms with Gasteiger partial charge in [-0.25, -0.2) is 4.98 Å². The molecule has 138 valence electrons. The van der Waals surface area contributed by atoms with E-state index >= 15 is 0 Å². The molecule has 0 aliphatic heterocycles. The molecule has 0 saturated carbocycles. The lowest BCUT2D eigenvalue weighted by molar-refractivity contribution is 0.410. The summed E-state index contributed by atoms with van der Waals surface area (Å²) >= 11 is 1.63. The Morgan fingerprint density at radius 2 is 1.79 bits per heavy atom. The van der Waals surface area contributed by atoms with Crippen LogP contribution in [0.25, 0.3) is 22.4 Å². The van der Waals surface area contributed by atoms with E-state index < -0.39 is 0 Å². The van der Waals surface area contributed by atoms with Crippen molar-refractivity contribution in [3.63, 3.8) is 0 Å². The molecule has 1 heterocycles. The summed E-state index contributed by atoms with van der Waals surface area (Å²) < 4.78 is 5.42. The number of para-hydroxylation sites is 1. The summed E-state index contributed by atoms with van der Waals surface area (Å²) in [7, 11) is 1.70. The van der Waals surface area contributed by atoms with Crippen molar-refractivity contribution in [2.45, 2.75) is 13.0 Å². The van der Waals surface area contributed by atoms with E-state index in [0.717, 1.165) is 34.1 Å². The van der Waals surface area contributed by atoms with Gasteiger partial charge in [0, 0.05) is 23.1 Å². The first kappa shape index (κ1) is 17.0. The summed E-state index contributed by atoms with van der Waals surface area (Å²) in [5.74, 6) is 0.893. The second-order valence-electron chi connectivity index (χ2n) is 6.91. The maximum atomic E-state index is 5.42. The second kappa shape index (κ2) is 7.13. The molecule has 4 aromatic rings. The van der Waals surface area contributed by atoms with Gasteiger partial charge >= 0.3 is 0 Å². The summed E-state index contributed by atoms with van der Waals surface area (Å²) in [6.45, 7) is 0.689. The van der Waals surface area contributed by atoms with Crippen molar-refractivity contribution in [1.29, 1.82) is 0 Å². The number of hydrogen-bond donors (Lipinski definition) is 1. The first-order valence-electron chi connectivity index (χ1n) is 9.35. The summed E-state index contributed by atoms with van der Waals surface area (Å²) in [4.78, 5) is 4.80. The molecule has 0 amide bonds. The Labute approximate surface area is 168 Å². The molecule has 0 fully saturated rings. The molecule has 0 saturated heterocycles. The quantitative estimate of drug-likeness (QED) is 0.403. The van der Waals surface area contributed by atoms with Gasteiger partial charge in [-0.3, -0.25) is 0 Å². The Balaban J connectivity index is 1.37. The van der Waals surface area contributed by atoms with Crippen LogP contribution in [0.5, 0.6) is 5.75 Å². The largest absolute Gasteiger partial charge is 0.496 e. The third-order valence-electron chi connectivity index (χ3n) is 5.22. The fourth-order valence-corrected chi connectivity index (χ4v) is 4.51. The molecule has 3 nitrogen and oxygen atoms in total. The number of methoxy groups -OCH3 is 1. The molecule has 0 unspecified atom stereocenters. The third kappa shape index (κ3) is 3.06. The van der Waals surface area contributed by atoms with Crippen molar-refractivity contribution in [1.82, 2.24) is 4.98 Å². The predicted octanol–water partition coefficient (Wildman–Crippen LogP) is 6.00. The Morgan fingerprint density at radius 3 is 2.71 bits per heavy atom. The molecule has 28 heavy (non-hydrogen) atoms. The van der Waals surface area contributed by atoms with Gasteiger partial charge in [-0.2, -0.15) is 0 Å². The number of benzene rings is 3. The second-order valence-corrected chi connectivity index (χ2v) is 7.77. The minimum Gasteiger partial charge on any atom is -0.496 e. The van der Waals surface area contributed by atoms with Crippen molar-refractivity contribution in [3.8, 4) is 28.1 Å². The number of anilines is 1. The lowest BCUT2D eigenvalue weighted by atomic mass is 10.0. The van der Waals surface area contributed by atoms with E-state index in [1.165, 1.54) is 22.3 Å². The highest BCUT2D eigenvalue weighted by Crippen LogP contribution is 2.39. The molecule has 0 bridgehead atoms. The minimum absolute atomic E-state index is 0.689. The summed E-state index contributed by atoms with van der Waals surface area (Å²) in [5, 5.41) is 6.46. The average molecular weight is 385 g/mol. The van der Waals surface area contributed by atoms with E-state index in [0.29, 0.717) is 6.54 Å². The van der Waals surface area contributed by atoms with Crippen LogP contribution < -0.4 is 10.1 Å². The zero-order valence-electron chi connectivity index (χ0n) is 15.6. The van der Waals surface area contributed by atoms with E-state index in [2.05, 4.69) is 59.2 Å². The van der Waals surface area contributed by atoms with E-state index in [1.54, 1.807) is 18.4 Å². The Bertz CT molecular complexity index is 1150. The van der Waals surface area contributed by atoms with Gasteiger partial charge in [-0.05, 0) is 40.8 Å². The first-order valence-corrected chi connectivity index (χ1v) is 10.2. The van der Waals surface area contributed by atoms with Gasteiger partial charge in [-0.15, -0.1) is 11.3 Å². The van der Waals surface area contributed by atoms with Crippen LogP contribution in [0.3, 0.4) is 0 Å². The number of ether oxygens (including phenoxy) is 1. The molecule has 4 heteroatoms. The van der Waals surface area contributed by atoms with Gasteiger partial charge in [0.15, 0.2) is 5.13 Å². The molecule has 0 radical (unpaired) electrons. The predicted molar refractivity (Wildman–Crippen MR) is 116 cm³/mol. The van der Waals surface area contributed by atoms with Crippen molar-refractivity contribution in [2.24, 2.45) is 0 Å². The SMILES string of the molecule is COc1ccccc1CNc1nc(-c2ccc3c(c2)-c2ccccc2C3)cs1. The normalized spacial score (nSPS) is 11.8. The number of aromatic nitrogens is 1. The number of hydrogen-bond acceptors (Lipinski definition) is 4. The Kier molecular flexibility index (Phi) is 4.34. The molecular weight excluding hydrogens is 364 g/mol. The number of fused-ring (bicyclic) bond motifs is 3. The van der Waals surface area contributed by atoms with Gasteiger partial charge in [0.25, 0.3) is 0 Å². The number of rotatable bonds is 5. The fourth-order valence-electron chi connectivity index (χ4n) is 3.79. The molecule has 1 aliphatic carbocycles. The zero-order chi connectivity index (χ0) is 18.9. The van der Waals surface area contributed by atoms with Crippen molar-refractivity contribution >= 4 is 16.5 Å². The first-order chi connectivity index (χ1) is 13.8. The molecular formula is C24H20N2OS. The highest BCUT2D eigenvalue weighted by Gasteiger charge is 2.18. The van der Waals surface area contributed by atoms with Crippen LogP contribution in [0.15, 0.2) is 72.1 Å². The smallest absolute Gasteiger partial charge is 0.183 e. The highest BCUT2D eigenvalue weighted by atomic mass is 32.1. The van der Waals surface area contributed by atoms with Crippen LogP contribution in [0.2, 0.25) is 0 Å². The number of thiazole rings is 1. The molecule has 0 spiro atoms. The van der Waals surface area contributed by atoms with Crippen LogP contribution in [0.4, 0.5) is 5.13 Å². The highest BCUT2D eigenvalue weighted by molar-refractivity contribution is 7.14. The van der Waals surface area contributed by atoms with Crippen LogP contribution in [-0.2, 0) is 13.0 Å². The van der Waals surface area contributed by atoms with E-state index in [4.69, 9.17) is 9.72 Å². The lowest BCUT2D eigenvalue weighted by Crippen LogP contribution is -2.01. The fraction of sp³-hybridized carbons (Fsp3) is 0.125. The molecule has 3 aromatic carbocycles. The average Bonchev–Trinajstić information content (AvgIpc) is 3.36. The van der Waals surface area contributed by atoms with E-state index in [1.807, 2.05) is 18.2 Å². The topological polar surface area (TPSA) is 34.1 Å². The zero-order valence-corrected chi connectivity index (χ0v) is 16.4. The lowest BCUT2D eigenvalue weighted by Gasteiger charge is -2.08. The van der Waals surface area contributed by atoms with Crippen molar-refractivity contribution in [2.75, 3.05) is 12.4 Å². The van der Waals surface area contributed by atoms with Crippen LogP contribution in [0.1, 0.15) is 16.7 Å². The third-order valence-corrected chi connectivity index (χ3v) is 6.02. The standard InChI is InChI=1S/C24H20N2OS/c1-27-23-9-5-3-7-19(23)14-25-24-26-22(15-28-24)18-11-10-17-12-16-6-2-4-8-20(16)21(17)13-18/h2-11,13,15H,12,14H2,1H3,(H,25,26). The monoisotopic (exact) mass is 384 g/mol.